The van der Waals surface area contributed by atoms with Crippen LogP contribution in [-0.4, -0.2) is 18.2 Å². The van der Waals surface area contributed by atoms with E-state index in [4.69, 9.17) is 0 Å². The normalized spacial score (nSPS) is 61.4. The Bertz CT molecular complexity index is 485. The van der Waals surface area contributed by atoms with E-state index in [9.17, 15) is 13.0 Å². The first-order valence-electron chi connectivity index (χ1n) is 7.34. The molecule has 0 aromatic heterocycles. The van der Waals surface area contributed by atoms with Crippen LogP contribution in [0.5, 0.6) is 0 Å². The summed E-state index contributed by atoms with van der Waals surface area (Å²) in [6.07, 6.45) is 2.99. The van der Waals surface area contributed by atoms with Crippen molar-refractivity contribution in [3.05, 3.63) is 0 Å². The van der Waals surface area contributed by atoms with Gasteiger partial charge in [0.05, 0.1) is 15.4 Å². The molecule has 4 fully saturated rings. The molecule has 4 heteroatoms. The average molecular weight is 269 g/mol. The molecule has 0 amide bonds. The van der Waals surface area contributed by atoms with Crippen LogP contribution in [0.25, 0.3) is 0 Å². The van der Waals surface area contributed by atoms with Gasteiger partial charge in [0.1, 0.15) is 0 Å². The molecule has 102 valence electrons. The Hall–Kier alpha value is -0.0900. The van der Waals surface area contributed by atoms with E-state index in [1.807, 2.05) is 0 Å². The van der Waals surface area contributed by atoms with Crippen molar-refractivity contribution in [1.82, 2.24) is 0 Å². The molecule has 0 radical (unpaired) electrons. The van der Waals surface area contributed by atoms with Crippen LogP contribution in [0.15, 0.2) is 0 Å². The second-order valence-corrected chi connectivity index (χ2v) is 8.95. The van der Waals surface area contributed by atoms with E-state index in [1.54, 1.807) is 0 Å². The van der Waals surface area contributed by atoms with Crippen LogP contribution < -0.4 is 0 Å². The molecule has 0 saturated heterocycles. The molecule has 4 aliphatic carbocycles. The molecule has 0 heterocycles. The fraction of sp³-hybridized carbons (Fsp3) is 1.00. The van der Waals surface area contributed by atoms with Gasteiger partial charge in [-0.25, -0.2) is 8.42 Å². The third kappa shape index (κ3) is 1.22. The van der Waals surface area contributed by atoms with Crippen LogP contribution in [0.2, 0.25) is 0 Å². The largest absolute Gasteiger partial charge is 0.748 e. The molecule has 9 unspecified atom stereocenters. The van der Waals surface area contributed by atoms with Gasteiger partial charge in [-0.2, -0.15) is 0 Å². The van der Waals surface area contributed by atoms with Crippen LogP contribution in [0.3, 0.4) is 0 Å². The molecule has 18 heavy (non-hydrogen) atoms. The van der Waals surface area contributed by atoms with Crippen molar-refractivity contribution in [2.24, 2.45) is 47.3 Å². The van der Waals surface area contributed by atoms with E-state index in [1.165, 1.54) is 6.42 Å². The maximum absolute atomic E-state index is 11.4. The molecule has 4 bridgehead atoms. The summed E-state index contributed by atoms with van der Waals surface area (Å²) in [5, 5.41) is -0.550. The number of hydrogen-bond acceptors (Lipinski definition) is 3. The zero-order chi connectivity index (χ0) is 12.8. The van der Waals surface area contributed by atoms with Crippen molar-refractivity contribution in [3.8, 4) is 0 Å². The van der Waals surface area contributed by atoms with E-state index in [2.05, 4.69) is 13.8 Å². The maximum atomic E-state index is 11.4. The molecule has 0 aromatic carbocycles. The van der Waals surface area contributed by atoms with Crippen LogP contribution in [-0.2, 0) is 10.1 Å². The lowest BCUT2D eigenvalue weighted by atomic mass is 9.64. The van der Waals surface area contributed by atoms with Crippen molar-refractivity contribution in [1.29, 1.82) is 0 Å². The van der Waals surface area contributed by atoms with Gasteiger partial charge in [0.2, 0.25) is 0 Å². The minimum Gasteiger partial charge on any atom is -0.748 e. The van der Waals surface area contributed by atoms with Gasteiger partial charge in [-0.15, -0.1) is 0 Å². The minimum absolute atomic E-state index is 0.201. The fourth-order valence-corrected chi connectivity index (χ4v) is 7.70. The second-order valence-electron chi connectivity index (χ2n) is 7.36. The van der Waals surface area contributed by atoms with Gasteiger partial charge in [-0.3, -0.25) is 0 Å². The van der Waals surface area contributed by atoms with Crippen molar-refractivity contribution in [2.75, 3.05) is 0 Å². The summed E-state index contributed by atoms with van der Waals surface area (Å²) in [7, 11) is -4.07. The van der Waals surface area contributed by atoms with E-state index in [0.29, 0.717) is 24.2 Å². The summed E-state index contributed by atoms with van der Waals surface area (Å²) in [4.78, 5) is 0. The summed E-state index contributed by atoms with van der Waals surface area (Å²) in [5.41, 5.74) is 0. The predicted molar refractivity (Wildman–Crippen MR) is 66.6 cm³/mol. The zero-order valence-corrected chi connectivity index (χ0v) is 11.8. The van der Waals surface area contributed by atoms with Crippen LogP contribution >= 0.6 is 0 Å². The van der Waals surface area contributed by atoms with Gasteiger partial charge in [0, 0.05) is 0 Å². The molecular formula is C14H21O3S-. The lowest BCUT2D eigenvalue weighted by molar-refractivity contribution is 0.0717. The Morgan fingerprint density at radius 1 is 0.889 bits per heavy atom. The van der Waals surface area contributed by atoms with Gasteiger partial charge in [-0.05, 0) is 66.6 Å². The molecule has 4 aliphatic rings. The van der Waals surface area contributed by atoms with Gasteiger partial charge < -0.3 is 4.55 Å². The van der Waals surface area contributed by atoms with E-state index in [0.717, 1.165) is 30.1 Å². The van der Waals surface area contributed by atoms with Crippen LogP contribution in [0, 0.1) is 47.3 Å². The summed E-state index contributed by atoms with van der Waals surface area (Å²) in [6.45, 7) is 4.71. The third-order valence-electron chi connectivity index (χ3n) is 7.15. The summed E-state index contributed by atoms with van der Waals surface area (Å²) in [5.74, 6) is 5.11. The first-order valence-corrected chi connectivity index (χ1v) is 8.81. The topological polar surface area (TPSA) is 57.2 Å². The average Bonchev–Trinajstić information content (AvgIpc) is 2.97. The highest BCUT2D eigenvalue weighted by Gasteiger charge is 2.66. The molecule has 0 aliphatic heterocycles. The van der Waals surface area contributed by atoms with Gasteiger partial charge in [0.25, 0.3) is 0 Å². The molecular weight excluding hydrogens is 248 g/mol. The van der Waals surface area contributed by atoms with E-state index in [-0.39, 0.29) is 5.92 Å². The monoisotopic (exact) mass is 269 g/mol. The first-order chi connectivity index (χ1) is 8.39. The Balaban J connectivity index is 1.70. The smallest absolute Gasteiger partial charge is 0.0978 e. The molecule has 0 aromatic rings. The minimum atomic E-state index is -4.07. The Labute approximate surface area is 109 Å². The second kappa shape index (κ2) is 3.32. The third-order valence-corrected chi connectivity index (χ3v) is 8.44. The molecule has 3 nitrogen and oxygen atoms in total. The highest BCUT2D eigenvalue weighted by molar-refractivity contribution is 7.86. The summed E-state index contributed by atoms with van der Waals surface area (Å²) < 4.78 is 34.2. The number of fused-ring (bicyclic) bond motifs is 9. The Kier molecular flexibility index (Phi) is 2.16. The van der Waals surface area contributed by atoms with Crippen LogP contribution in [0.4, 0.5) is 0 Å². The Morgan fingerprint density at radius 2 is 1.50 bits per heavy atom. The van der Waals surface area contributed by atoms with Gasteiger partial charge in [-0.1, -0.05) is 13.8 Å². The molecule has 9 atom stereocenters. The van der Waals surface area contributed by atoms with E-state index < -0.39 is 15.4 Å². The molecule has 0 spiro atoms. The lowest BCUT2D eigenvalue weighted by Gasteiger charge is -2.43. The summed E-state index contributed by atoms with van der Waals surface area (Å²) in [6, 6.07) is 0. The highest BCUT2D eigenvalue weighted by Crippen LogP contribution is 2.70. The SMILES string of the molecule is CC1C(C)C2CC1C1C3CC(C21)C(S(=O)(=O)[O-])C3. The standard InChI is InChI=1S/C14H22O3S/c1-6-7(2)10-5-9(6)13-8-3-11(14(10)13)12(4-8)18(15,16)17/h6-14H,3-5H2,1-2H3,(H,15,16,17)/p-1. The predicted octanol–water partition coefficient (Wildman–Crippen LogP) is 2.09. The highest BCUT2D eigenvalue weighted by atomic mass is 32.2. The van der Waals surface area contributed by atoms with Crippen LogP contribution in [0.1, 0.15) is 33.1 Å². The number of rotatable bonds is 1. The van der Waals surface area contributed by atoms with Gasteiger partial charge in [0.15, 0.2) is 0 Å². The quantitative estimate of drug-likeness (QED) is 0.541. The summed E-state index contributed by atoms with van der Waals surface area (Å²) >= 11 is 0. The van der Waals surface area contributed by atoms with E-state index >= 15 is 0 Å². The molecule has 4 saturated carbocycles. The number of hydrogen-bond donors (Lipinski definition) is 0. The fourth-order valence-electron chi connectivity index (χ4n) is 6.50. The Morgan fingerprint density at radius 3 is 2.11 bits per heavy atom. The zero-order valence-electron chi connectivity index (χ0n) is 11.0. The first kappa shape index (κ1) is 11.7. The van der Waals surface area contributed by atoms with Crippen molar-refractivity contribution >= 4 is 10.1 Å². The van der Waals surface area contributed by atoms with Gasteiger partial charge >= 0.3 is 0 Å². The van der Waals surface area contributed by atoms with Crippen molar-refractivity contribution in [2.45, 2.75) is 38.4 Å². The molecule has 0 N–H and O–H groups in total. The lowest BCUT2D eigenvalue weighted by Crippen LogP contribution is -2.42. The maximum Gasteiger partial charge on any atom is 0.0978 e. The van der Waals surface area contributed by atoms with Crippen molar-refractivity contribution in [3.63, 3.8) is 0 Å². The van der Waals surface area contributed by atoms with Crippen molar-refractivity contribution < 1.29 is 13.0 Å². The molecule has 4 rings (SSSR count).